The quantitative estimate of drug-likeness (QED) is 0.147. The molecule has 1 atom stereocenters. The van der Waals surface area contributed by atoms with Gasteiger partial charge >= 0.3 is 0 Å². The second-order valence-corrected chi connectivity index (χ2v) is 14.4. The number of piperazine rings is 1. The summed E-state index contributed by atoms with van der Waals surface area (Å²) in [5.74, 6) is -8.44. The van der Waals surface area contributed by atoms with E-state index >= 15 is 8.78 Å². The van der Waals surface area contributed by atoms with E-state index in [2.05, 4.69) is 24.0 Å². The van der Waals surface area contributed by atoms with Crippen LogP contribution >= 0.6 is 0 Å². The van der Waals surface area contributed by atoms with Gasteiger partial charge in [0.05, 0.1) is 22.3 Å². The Kier molecular flexibility index (Phi) is 8.21. The van der Waals surface area contributed by atoms with E-state index in [-0.39, 0.29) is 34.5 Å². The lowest BCUT2D eigenvalue weighted by Gasteiger charge is -2.40. The third kappa shape index (κ3) is 7.41. The molecular weight excluding hydrogens is 729 g/mol. The Morgan fingerprint density at radius 1 is 0.789 bits per heavy atom. The van der Waals surface area contributed by atoms with Crippen molar-refractivity contribution in [2.75, 3.05) is 55.4 Å². The highest BCUT2D eigenvalue weighted by molar-refractivity contribution is 6.24. The molecule has 4 amide bonds. The molecule has 0 aromatic heterocycles. The first kappa shape index (κ1) is 29.4. The van der Waals surface area contributed by atoms with Crippen LogP contribution in [0.15, 0.2) is 84.9 Å². The lowest BCUT2D eigenvalue weighted by molar-refractivity contribution is -0.136. The minimum Gasteiger partial charge on any atom is -0.508 e. The number of allylic oxidation sites excluding steroid dienone is 1. The molecule has 1 unspecified atom stereocenters. The molecule has 4 aliphatic heterocycles. The van der Waals surface area contributed by atoms with Gasteiger partial charge in [-0.3, -0.25) is 34.3 Å². The molecule has 4 aliphatic rings. The summed E-state index contributed by atoms with van der Waals surface area (Å²) >= 11 is 0. The zero-order chi connectivity index (χ0) is 47.0. The SMILES string of the molecule is [2H]C1([2H])N(CC2CCN(c3ccc(C(=C(CC)c4ccccc4)c4ccc(O)cc4)cc3)CC2)C([2H])([2H])C([2H])([2H])N(c2cc(F)c3c(c2F)C(=O)N(C2CCC(=O)NC2=O)C3=O)C1([2H])[2H]. The fourth-order valence-corrected chi connectivity index (χ4v) is 8.00. The largest absolute Gasteiger partial charge is 0.508 e. The van der Waals surface area contributed by atoms with Crippen LogP contribution in [0.1, 0.15) is 87.4 Å². The number of nitrogens with zero attached hydrogens (tertiary/aromatic N) is 4. The van der Waals surface area contributed by atoms with Crippen molar-refractivity contribution >= 4 is 46.1 Å². The maximum atomic E-state index is 16.6. The summed E-state index contributed by atoms with van der Waals surface area (Å²) in [7, 11) is 0. The molecule has 4 aromatic rings. The highest BCUT2D eigenvalue weighted by Crippen LogP contribution is 2.38. The standard InChI is InChI=1S/C45H45F2N5O5/c1-2-34(29-6-4-3-5-7-29)39(31-10-14-33(53)15-11-31)30-8-12-32(13-9-30)50-20-18-28(19-21-50)27-49-22-24-51(25-23-49)37-26-35(46)40-41(42(37)47)45(57)52(44(40)56)36-16-17-38(54)48-43(36)55/h3-15,26,28,36,53H,2,16-25,27H2,1H3,(H,48,54,55)/i22D2,23D2,24D2,25D2. The van der Waals surface area contributed by atoms with Crippen molar-refractivity contribution in [3.05, 3.63) is 124 Å². The number of rotatable bonds is 9. The van der Waals surface area contributed by atoms with E-state index in [0.717, 1.165) is 39.9 Å². The van der Waals surface area contributed by atoms with E-state index in [0.29, 0.717) is 30.8 Å². The van der Waals surface area contributed by atoms with Crippen molar-refractivity contribution in [1.29, 1.82) is 0 Å². The van der Waals surface area contributed by atoms with Crippen LogP contribution in [0.3, 0.4) is 0 Å². The van der Waals surface area contributed by atoms with Crippen molar-refractivity contribution in [2.45, 2.75) is 45.1 Å². The number of carbonyl (C=O) groups excluding carboxylic acids is 4. The van der Waals surface area contributed by atoms with Gasteiger partial charge in [-0.2, -0.15) is 0 Å². The third-order valence-corrected chi connectivity index (χ3v) is 10.9. The molecule has 2 N–H and O–H groups in total. The molecule has 57 heavy (non-hydrogen) atoms. The number of hydrogen-bond acceptors (Lipinski definition) is 8. The van der Waals surface area contributed by atoms with Crippen LogP contribution in [0, 0.1) is 17.6 Å². The fraction of sp³-hybridized carbons (Fsp3) is 0.333. The summed E-state index contributed by atoms with van der Waals surface area (Å²) < 4.78 is 104. The van der Waals surface area contributed by atoms with Gasteiger partial charge in [0, 0.05) is 69.3 Å². The van der Waals surface area contributed by atoms with Crippen LogP contribution < -0.4 is 15.1 Å². The lowest BCUT2D eigenvalue weighted by atomic mass is 9.88. The molecule has 0 aliphatic carbocycles. The molecule has 0 spiro atoms. The number of carbonyl (C=O) groups is 4. The summed E-state index contributed by atoms with van der Waals surface area (Å²) in [6, 6.07) is 23.7. The van der Waals surface area contributed by atoms with Crippen molar-refractivity contribution in [2.24, 2.45) is 5.92 Å². The first-order chi connectivity index (χ1) is 30.6. The molecule has 4 aromatic carbocycles. The molecule has 10 nitrogen and oxygen atoms in total. The molecule has 0 radical (unpaired) electrons. The number of phenolic OH excluding ortho intramolecular Hbond substituents is 1. The van der Waals surface area contributed by atoms with Crippen LogP contribution in [0.2, 0.25) is 0 Å². The Balaban J connectivity index is 1.02. The average Bonchev–Trinajstić information content (AvgIpc) is 3.53. The smallest absolute Gasteiger partial charge is 0.265 e. The highest BCUT2D eigenvalue weighted by Gasteiger charge is 2.48. The number of anilines is 2. The summed E-state index contributed by atoms with van der Waals surface area (Å²) in [5, 5.41) is 12.0. The second kappa shape index (κ2) is 15.9. The van der Waals surface area contributed by atoms with Gasteiger partial charge in [0.1, 0.15) is 17.6 Å². The van der Waals surface area contributed by atoms with E-state index in [1.54, 1.807) is 12.1 Å². The van der Waals surface area contributed by atoms with Gasteiger partial charge < -0.3 is 14.9 Å². The zero-order valence-electron chi connectivity index (χ0n) is 39.0. The topological polar surface area (TPSA) is 114 Å². The molecule has 0 saturated carbocycles. The van der Waals surface area contributed by atoms with Crippen LogP contribution in [0.25, 0.3) is 11.1 Å². The third-order valence-electron chi connectivity index (χ3n) is 10.9. The molecule has 12 heteroatoms. The Labute approximate surface area is 341 Å². The van der Waals surface area contributed by atoms with E-state index in [4.69, 9.17) is 11.0 Å². The molecule has 4 heterocycles. The van der Waals surface area contributed by atoms with Crippen LogP contribution in [-0.2, 0) is 9.59 Å². The zero-order valence-corrected chi connectivity index (χ0v) is 31.0. The second-order valence-electron chi connectivity index (χ2n) is 14.4. The monoisotopic (exact) mass is 781 g/mol. The number of amides is 4. The number of fused-ring (bicyclic) bond motifs is 1. The van der Waals surface area contributed by atoms with Gasteiger partial charge in [0.15, 0.2) is 5.82 Å². The van der Waals surface area contributed by atoms with E-state index < -0.39 is 96.6 Å². The number of piperidine rings is 2. The van der Waals surface area contributed by atoms with E-state index in [1.807, 2.05) is 59.9 Å². The average molecular weight is 782 g/mol. The Morgan fingerprint density at radius 3 is 2.05 bits per heavy atom. The van der Waals surface area contributed by atoms with E-state index in [9.17, 15) is 24.3 Å². The number of aromatic hydroxyl groups is 1. The maximum Gasteiger partial charge on any atom is 0.265 e. The first-order valence-electron chi connectivity index (χ1n) is 22.9. The van der Waals surface area contributed by atoms with Crippen LogP contribution in [-0.4, -0.2) is 90.2 Å². The van der Waals surface area contributed by atoms with Crippen molar-refractivity contribution in [3.8, 4) is 5.75 Å². The number of halogens is 2. The van der Waals surface area contributed by atoms with Gasteiger partial charge in [-0.25, -0.2) is 8.78 Å². The normalized spacial score (nSPS) is 25.5. The molecule has 3 saturated heterocycles. The molecular formula is C45H45F2N5O5. The molecule has 8 rings (SSSR count). The summed E-state index contributed by atoms with van der Waals surface area (Å²) in [4.78, 5) is 53.7. The molecule has 3 fully saturated rings. The number of phenols is 1. The first-order valence-corrected chi connectivity index (χ1v) is 18.9. The lowest BCUT2D eigenvalue weighted by Crippen LogP contribution is -2.54. The Hall–Kier alpha value is -5.88. The highest BCUT2D eigenvalue weighted by atomic mass is 19.1. The summed E-state index contributed by atoms with van der Waals surface area (Å²) in [5.41, 5.74) is 2.23. The van der Waals surface area contributed by atoms with Gasteiger partial charge in [0.2, 0.25) is 11.8 Å². The van der Waals surface area contributed by atoms with Crippen LogP contribution in [0.4, 0.5) is 20.2 Å². The Bertz CT molecular complexity index is 2580. The number of nitrogens with one attached hydrogen (secondary N) is 1. The van der Waals surface area contributed by atoms with Gasteiger partial charge in [-0.05, 0) is 83.7 Å². The minimum atomic E-state index is -3.63. The predicted molar refractivity (Wildman–Crippen MR) is 214 cm³/mol. The molecule has 294 valence electrons. The number of hydrogen-bond donors (Lipinski definition) is 2. The Morgan fingerprint density at radius 2 is 1.42 bits per heavy atom. The predicted octanol–water partition coefficient (Wildman–Crippen LogP) is 6.48. The number of benzene rings is 4. The maximum absolute atomic E-state index is 16.6. The van der Waals surface area contributed by atoms with Gasteiger partial charge in [-0.1, -0.05) is 61.5 Å². The summed E-state index contributed by atoms with van der Waals surface area (Å²) in [6.07, 6.45) is 0.876. The number of imide groups is 2. The van der Waals surface area contributed by atoms with Gasteiger partial charge in [-0.15, -0.1) is 0 Å². The van der Waals surface area contributed by atoms with Crippen molar-refractivity contribution < 1.29 is 44.0 Å². The van der Waals surface area contributed by atoms with Crippen molar-refractivity contribution in [3.63, 3.8) is 0 Å². The van der Waals surface area contributed by atoms with Crippen LogP contribution in [0.5, 0.6) is 5.75 Å². The minimum absolute atomic E-state index is 0.153. The van der Waals surface area contributed by atoms with Crippen molar-refractivity contribution in [1.82, 2.24) is 15.1 Å². The summed E-state index contributed by atoms with van der Waals surface area (Å²) in [6.45, 7) is -11.5. The van der Waals surface area contributed by atoms with Gasteiger partial charge in [0.25, 0.3) is 11.8 Å². The fourth-order valence-electron chi connectivity index (χ4n) is 8.00. The van der Waals surface area contributed by atoms with E-state index in [1.165, 1.54) is 0 Å². The molecule has 0 bridgehead atoms.